The van der Waals surface area contributed by atoms with Crippen LogP contribution >= 0.6 is 0 Å². The first kappa shape index (κ1) is 20.6. The summed E-state index contributed by atoms with van der Waals surface area (Å²) in [7, 11) is 0. The number of benzene rings is 1. The van der Waals surface area contributed by atoms with E-state index in [-0.39, 0.29) is 6.54 Å². The van der Waals surface area contributed by atoms with Crippen molar-refractivity contribution in [3.8, 4) is 0 Å². The standard InChI is InChI=1S/C23H23N3O5/c1-16-9-11-18(12-10-16)26-22(29)21(28)25(23(26)30)15-20(27)24(14-19-8-5-13-31-19)17-6-3-2-4-7-17/h5-6,8-13H,2-4,7,14-15H2,1H3. The molecule has 2 aliphatic rings. The molecule has 0 atom stereocenters. The Balaban J connectivity index is 1.55. The fourth-order valence-corrected chi connectivity index (χ4v) is 3.76. The molecule has 2 heterocycles. The van der Waals surface area contributed by atoms with Crippen molar-refractivity contribution in [1.29, 1.82) is 0 Å². The highest BCUT2D eigenvalue weighted by Gasteiger charge is 2.46. The number of hydrogen-bond donors (Lipinski definition) is 0. The van der Waals surface area contributed by atoms with Crippen LogP contribution in [0.25, 0.3) is 0 Å². The van der Waals surface area contributed by atoms with Gasteiger partial charge in [0.15, 0.2) is 0 Å². The number of allylic oxidation sites excluding steroid dienone is 2. The Morgan fingerprint density at radius 3 is 2.48 bits per heavy atom. The monoisotopic (exact) mass is 421 g/mol. The highest BCUT2D eigenvalue weighted by atomic mass is 16.3. The van der Waals surface area contributed by atoms with Gasteiger partial charge in [0.25, 0.3) is 0 Å². The summed E-state index contributed by atoms with van der Waals surface area (Å²) in [6.07, 6.45) is 7.12. The van der Waals surface area contributed by atoms with Crippen molar-refractivity contribution in [3.05, 3.63) is 65.8 Å². The van der Waals surface area contributed by atoms with Crippen molar-refractivity contribution < 1.29 is 23.6 Å². The van der Waals surface area contributed by atoms with Gasteiger partial charge in [0.05, 0.1) is 18.5 Å². The van der Waals surface area contributed by atoms with Crippen LogP contribution in [0.2, 0.25) is 0 Å². The molecule has 0 N–H and O–H groups in total. The SMILES string of the molecule is Cc1ccc(N2C(=O)C(=O)N(CC(=O)N(Cc3ccco3)C3=CCCCC3)C2=O)cc1. The second-order valence-electron chi connectivity index (χ2n) is 7.65. The zero-order valence-corrected chi connectivity index (χ0v) is 17.2. The summed E-state index contributed by atoms with van der Waals surface area (Å²) in [6.45, 7) is 1.56. The van der Waals surface area contributed by atoms with Gasteiger partial charge in [-0.25, -0.2) is 14.6 Å². The average Bonchev–Trinajstić information content (AvgIpc) is 3.36. The zero-order valence-electron chi connectivity index (χ0n) is 17.2. The van der Waals surface area contributed by atoms with Gasteiger partial charge >= 0.3 is 17.8 Å². The van der Waals surface area contributed by atoms with Crippen LogP contribution in [-0.2, 0) is 20.9 Å². The third-order valence-corrected chi connectivity index (χ3v) is 5.45. The number of carbonyl (C=O) groups excluding carboxylic acids is 4. The lowest BCUT2D eigenvalue weighted by Crippen LogP contribution is -2.43. The molecule has 0 spiro atoms. The smallest absolute Gasteiger partial charge is 0.339 e. The van der Waals surface area contributed by atoms with Gasteiger partial charge in [-0.2, -0.15) is 0 Å². The molecule has 0 bridgehead atoms. The van der Waals surface area contributed by atoms with Crippen molar-refractivity contribution in [3.63, 3.8) is 0 Å². The number of rotatable bonds is 6. The molecule has 0 unspecified atom stereocenters. The molecule has 2 aromatic rings. The number of amides is 5. The Hall–Kier alpha value is -3.68. The Morgan fingerprint density at radius 2 is 1.84 bits per heavy atom. The number of furan rings is 1. The maximum absolute atomic E-state index is 13.2. The summed E-state index contributed by atoms with van der Waals surface area (Å²) in [6, 6.07) is 9.36. The van der Waals surface area contributed by atoms with Crippen LogP contribution in [0.15, 0.2) is 58.9 Å². The van der Waals surface area contributed by atoms with Gasteiger partial charge in [0.1, 0.15) is 12.3 Å². The predicted molar refractivity (Wildman–Crippen MR) is 112 cm³/mol. The third-order valence-electron chi connectivity index (χ3n) is 5.45. The molecule has 1 fully saturated rings. The summed E-state index contributed by atoms with van der Waals surface area (Å²) in [5.41, 5.74) is 2.09. The Bertz CT molecular complexity index is 1040. The summed E-state index contributed by atoms with van der Waals surface area (Å²) >= 11 is 0. The molecular weight excluding hydrogens is 398 g/mol. The minimum absolute atomic E-state index is 0.198. The normalized spacial score (nSPS) is 16.7. The topological polar surface area (TPSA) is 91.1 Å². The molecule has 1 aromatic heterocycles. The highest BCUT2D eigenvalue weighted by Crippen LogP contribution is 2.26. The summed E-state index contributed by atoms with van der Waals surface area (Å²) in [5, 5.41) is 0. The first-order chi connectivity index (χ1) is 15.0. The minimum atomic E-state index is -1.01. The van der Waals surface area contributed by atoms with Gasteiger partial charge in [-0.1, -0.05) is 23.8 Å². The number of hydrogen-bond acceptors (Lipinski definition) is 5. The van der Waals surface area contributed by atoms with E-state index in [2.05, 4.69) is 0 Å². The number of urea groups is 1. The van der Waals surface area contributed by atoms with E-state index in [0.29, 0.717) is 16.3 Å². The average molecular weight is 421 g/mol. The molecule has 1 aliphatic heterocycles. The van der Waals surface area contributed by atoms with Gasteiger partial charge < -0.3 is 9.32 Å². The maximum Gasteiger partial charge on any atom is 0.339 e. The molecule has 8 nitrogen and oxygen atoms in total. The largest absolute Gasteiger partial charge is 0.467 e. The van der Waals surface area contributed by atoms with Crippen molar-refractivity contribution in [2.24, 2.45) is 0 Å². The molecule has 8 heteroatoms. The van der Waals surface area contributed by atoms with E-state index < -0.39 is 30.3 Å². The highest BCUT2D eigenvalue weighted by molar-refractivity contribution is 6.53. The van der Waals surface area contributed by atoms with Crippen molar-refractivity contribution in [1.82, 2.24) is 9.80 Å². The Morgan fingerprint density at radius 1 is 1.06 bits per heavy atom. The quantitative estimate of drug-likeness (QED) is 0.527. The van der Waals surface area contributed by atoms with E-state index in [1.54, 1.807) is 36.4 Å². The fourth-order valence-electron chi connectivity index (χ4n) is 3.76. The number of aryl methyl sites for hydroxylation is 1. The second-order valence-corrected chi connectivity index (χ2v) is 7.65. The van der Waals surface area contributed by atoms with Crippen LogP contribution in [0, 0.1) is 6.92 Å². The van der Waals surface area contributed by atoms with Crippen LogP contribution in [0.4, 0.5) is 10.5 Å². The molecule has 1 aromatic carbocycles. The molecule has 5 amide bonds. The molecule has 1 aliphatic carbocycles. The lowest BCUT2D eigenvalue weighted by molar-refractivity contribution is -0.142. The predicted octanol–water partition coefficient (Wildman–Crippen LogP) is 3.37. The van der Waals surface area contributed by atoms with E-state index in [1.165, 1.54) is 11.2 Å². The van der Waals surface area contributed by atoms with Gasteiger partial charge in [-0.15, -0.1) is 0 Å². The van der Waals surface area contributed by atoms with Gasteiger partial charge in [-0.05, 0) is 56.9 Å². The van der Waals surface area contributed by atoms with E-state index in [0.717, 1.165) is 41.8 Å². The Labute approximate surface area is 179 Å². The fraction of sp³-hybridized carbons (Fsp3) is 0.304. The minimum Gasteiger partial charge on any atom is -0.467 e. The van der Waals surface area contributed by atoms with E-state index in [9.17, 15) is 19.2 Å². The van der Waals surface area contributed by atoms with Gasteiger partial charge in [0, 0.05) is 5.70 Å². The van der Waals surface area contributed by atoms with Crippen LogP contribution in [0.5, 0.6) is 0 Å². The maximum atomic E-state index is 13.2. The van der Waals surface area contributed by atoms with Crippen molar-refractivity contribution in [2.75, 3.05) is 11.4 Å². The number of nitrogens with zero attached hydrogens (tertiary/aromatic N) is 3. The van der Waals surface area contributed by atoms with Gasteiger partial charge in [0.2, 0.25) is 5.91 Å². The first-order valence-corrected chi connectivity index (χ1v) is 10.2. The van der Waals surface area contributed by atoms with Crippen LogP contribution in [-0.4, -0.2) is 40.1 Å². The third kappa shape index (κ3) is 4.14. The lowest BCUT2D eigenvalue weighted by atomic mass is 10.0. The number of imide groups is 2. The number of anilines is 1. The van der Waals surface area contributed by atoms with E-state index >= 15 is 0 Å². The first-order valence-electron chi connectivity index (χ1n) is 10.2. The second kappa shape index (κ2) is 8.59. The molecule has 0 saturated carbocycles. The summed E-state index contributed by atoms with van der Waals surface area (Å²) < 4.78 is 5.39. The van der Waals surface area contributed by atoms with Gasteiger partial charge in [-0.3, -0.25) is 14.4 Å². The van der Waals surface area contributed by atoms with E-state index in [1.807, 2.05) is 13.0 Å². The number of carbonyl (C=O) groups is 4. The lowest BCUT2D eigenvalue weighted by Gasteiger charge is -2.28. The summed E-state index contributed by atoms with van der Waals surface area (Å²) in [5.74, 6) is -1.81. The molecular formula is C23H23N3O5. The van der Waals surface area contributed by atoms with E-state index in [4.69, 9.17) is 4.42 Å². The molecule has 160 valence electrons. The zero-order chi connectivity index (χ0) is 22.0. The van der Waals surface area contributed by atoms with Crippen LogP contribution in [0.3, 0.4) is 0 Å². The molecule has 1 saturated heterocycles. The Kier molecular flexibility index (Phi) is 5.70. The summed E-state index contributed by atoms with van der Waals surface area (Å²) in [4.78, 5) is 54.1. The van der Waals surface area contributed by atoms with Crippen molar-refractivity contribution >= 4 is 29.4 Å². The van der Waals surface area contributed by atoms with Crippen LogP contribution in [0.1, 0.15) is 37.0 Å². The molecule has 4 rings (SSSR count). The molecule has 0 radical (unpaired) electrons. The molecule has 31 heavy (non-hydrogen) atoms. The van der Waals surface area contributed by atoms with Crippen LogP contribution < -0.4 is 4.90 Å². The van der Waals surface area contributed by atoms with Crippen molar-refractivity contribution in [2.45, 2.75) is 39.2 Å².